The van der Waals surface area contributed by atoms with Gasteiger partial charge in [0.25, 0.3) is 0 Å². The maximum atomic E-state index is 12.0. The third-order valence-electron chi connectivity index (χ3n) is 5.13. The molecule has 1 heterocycles. The molecule has 0 spiro atoms. The minimum absolute atomic E-state index is 0.00392. The van der Waals surface area contributed by atoms with Crippen LogP contribution in [-0.2, 0) is 4.79 Å². The van der Waals surface area contributed by atoms with E-state index in [0.717, 1.165) is 13.1 Å². The Balaban J connectivity index is 2.01. The number of likely N-dealkylation sites (N-methyl/N-ethyl adjacent to an activating group) is 1. The van der Waals surface area contributed by atoms with Gasteiger partial charge in [0.15, 0.2) is 5.96 Å². The number of nitrogens with zero attached hydrogens (tertiary/aromatic N) is 3. The molecule has 6 nitrogen and oxygen atoms in total. The first-order valence-corrected chi connectivity index (χ1v) is 10.4. The quantitative estimate of drug-likeness (QED) is 0.531. The van der Waals surface area contributed by atoms with E-state index in [0.29, 0.717) is 17.9 Å². The summed E-state index contributed by atoms with van der Waals surface area (Å²) in [5.74, 6) is 1.36. The summed E-state index contributed by atoms with van der Waals surface area (Å²) in [6.07, 6.45) is 2.45. The van der Waals surface area contributed by atoms with Crippen LogP contribution in [-0.4, -0.2) is 68.0 Å². The lowest BCUT2D eigenvalue weighted by Gasteiger charge is -2.27. The molecule has 1 aromatic rings. The molecule has 1 aromatic carbocycles. The molecule has 1 amide bonds. The van der Waals surface area contributed by atoms with Crippen molar-refractivity contribution >= 4 is 11.9 Å². The number of aliphatic imine (C=N–C) groups is 1. The number of amides is 1. The third-order valence-corrected chi connectivity index (χ3v) is 5.13. The van der Waals surface area contributed by atoms with Crippen LogP contribution in [0.15, 0.2) is 35.3 Å². The summed E-state index contributed by atoms with van der Waals surface area (Å²) in [6, 6.07) is 10.9. The van der Waals surface area contributed by atoms with Gasteiger partial charge in [0, 0.05) is 33.2 Å². The van der Waals surface area contributed by atoms with Crippen LogP contribution < -0.4 is 10.6 Å². The first-order valence-electron chi connectivity index (χ1n) is 10.4. The maximum absolute atomic E-state index is 12.0. The number of nitrogens with one attached hydrogen (secondary N) is 2. The summed E-state index contributed by atoms with van der Waals surface area (Å²) in [5.41, 5.74) is 1.19. The van der Waals surface area contributed by atoms with Crippen LogP contribution in [0.2, 0.25) is 0 Å². The molecule has 1 aliphatic rings. The van der Waals surface area contributed by atoms with Crippen LogP contribution in [0.4, 0.5) is 0 Å². The van der Waals surface area contributed by atoms with E-state index in [9.17, 15) is 4.79 Å². The van der Waals surface area contributed by atoms with Crippen LogP contribution in [0.1, 0.15) is 45.2 Å². The minimum Gasteiger partial charge on any atom is -0.355 e. The highest BCUT2D eigenvalue weighted by molar-refractivity contribution is 5.85. The second kappa shape index (κ2) is 11.1. The molecule has 0 aromatic heterocycles. The normalized spacial score (nSPS) is 18.9. The molecule has 2 atom stereocenters. The Morgan fingerprint density at radius 1 is 1.25 bits per heavy atom. The maximum Gasteiger partial charge on any atom is 0.243 e. The number of guanidine groups is 1. The van der Waals surface area contributed by atoms with Gasteiger partial charge in [-0.25, -0.2) is 4.99 Å². The van der Waals surface area contributed by atoms with Crippen molar-refractivity contribution in [1.29, 1.82) is 0 Å². The summed E-state index contributed by atoms with van der Waals surface area (Å²) in [6.45, 7) is 9.94. The van der Waals surface area contributed by atoms with E-state index in [-0.39, 0.29) is 18.5 Å². The van der Waals surface area contributed by atoms with Crippen molar-refractivity contribution in [2.75, 3.05) is 40.3 Å². The van der Waals surface area contributed by atoms with Crippen molar-refractivity contribution in [2.45, 2.75) is 45.7 Å². The first-order chi connectivity index (χ1) is 13.4. The topological polar surface area (TPSA) is 60.0 Å². The van der Waals surface area contributed by atoms with Gasteiger partial charge in [-0.15, -0.1) is 0 Å². The number of hydrogen-bond acceptors (Lipinski definition) is 3. The Labute approximate surface area is 170 Å². The van der Waals surface area contributed by atoms with Crippen LogP contribution in [0.3, 0.4) is 0 Å². The highest BCUT2D eigenvalue weighted by Gasteiger charge is 2.25. The van der Waals surface area contributed by atoms with Gasteiger partial charge < -0.3 is 15.5 Å². The van der Waals surface area contributed by atoms with Gasteiger partial charge in [0.05, 0.1) is 6.04 Å². The van der Waals surface area contributed by atoms with E-state index in [1.807, 2.05) is 18.2 Å². The number of rotatable bonds is 8. The molecule has 0 aliphatic carbocycles. The molecular weight excluding hydrogens is 350 g/mol. The van der Waals surface area contributed by atoms with E-state index in [4.69, 9.17) is 0 Å². The van der Waals surface area contributed by atoms with Gasteiger partial charge in [0.2, 0.25) is 5.91 Å². The summed E-state index contributed by atoms with van der Waals surface area (Å²) in [5, 5.41) is 6.94. The number of benzene rings is 1. The van der Waals surface area contributed by atoms with Crippen molar-refractivity contribution in [3.63, 3.8) is 0 Å². The molecule has 2 N–H and O–H groups in total. The number of hydrogen-bond donors (Lipinski definition) is 2. The third kappa shape index (κ3) is 7.15. The van der Waals surface area contributed by atoms with E-state index in [1.54, 1.807) is 19.0 Å². The lowest BCUT2D eigenvalue weighted by atomic mass is 10.1. The van der Waals surface area contributed by atoms with Crippen molar-refractivity contribution < 1.29 is 4.79 Å². The molecule has 0 saturated carbocycles. The molecule has 0 bridgehead atoms. The Hall–Kier alpha value is -2.08. The van der Waals surface area contributed by atoms with Gasteiger partial charge >= 0.3 is 0 Å². The Kier molecular flexibility index (Phi) is 8.77. The number of likely N-dealkylation sites (tertiary alicyclic amines) is 1. The zero-order valence-corrected chi connectivity index (χ0v) is 18.1. The highest BCUT2D eigenvalue weighted by Crippen LogP contribution is 2.18. The van der Waals surface area contributed by atoms with Crippen LogP contribution in [0.25, 0.3) is 0 Å². The Morgan fingerprint density at radius 3 is 2.61 bits per heavy atom. The number of carbonyl (C=O) groups is 1. The first kappa shape index (κ1) is 22.2. The van der Waals surface area contributed by atoms with Crippen molar-refractivity contribution in [1.82, 2.24) is 20.4 Å². The fourth-order valence-corrected chi connectivity index (χ4v) is 3.52. The molecule has 0 radical (unpaired) electrons. The van der Waals surface area contributed by atoms with Crippen molar-refractivity contribution in [2.24, 2.45) is 10.9 Å². The van der Waals surface area contributed by atoms with E-state index >= 15 is 0 Å². The molecule has 1 fully saturated rings. The van der Waals surface area contributed by atoms with Crippen LogP contribution in [0.5, 0.6) is 0 Å². The average molecular weight is 388 g/mol. The molecule has 1 unspecified atom stereocenters. The zero-order chi connectivity index (χ0) is 20.5. The fraction of sp³-hybridized carbons (Fsp3) is 0.636. The molecule has 1 aliphatic heterocycles. The van der Waals surface area contributed by atoms with Gasteiger partial charge in [-0.3, -0.25) is 9.69 Å². The van der Waals surface area contributed by atoms with Gasteiger partial charge in [-0.1, -0.05) is 44.2 Å². The Bertz CT molecular complexity index is 629. The minimum atomic E-state index is -0.00392. The average Bonchev–Trinajstić information content (AvgIpc) is 3.10. The highest BCUT2D eigenvalue weighted by atomic mass is 16.2. The van der Waals surface area contributed by atoms with E-state index in [2.05, 4.69) is 53.4 Å². The van der Waals surface area contributed by atoms with Gasteiger partial charge in [0.1, 0.15) is 6.54 Å². The second-order valence-electron chi connectivity index (χ2n) is 8.30. The SMILES string of the molecule is CC(C)CN1CCC[C@@H]1CNC(=NCC(=O)N(C)C)NC(C)c1ccccc1. The molecule has 1 saturated heterocycles. The molecule has 6 heteroatoms. The fourth-order valence-electron chi connectivity index (χ4n) is 3.52. The molecule has 156 valence electrons. The number of carbonyl (C=O) groups excluding carboxylic acids is 1. The standard InChI is InChI=1S/C22H37N5O/c1-17(2)16-27-13-9-12-20(27)14-23-22(24-15-21(28)26(4)5)25-18(3)19-10-7-6-8-11-19/h6-8,10-11,17-18,20H,9,12-16H2,1-5H3,(H2,23,24,25)/t18?,20-/m1/s1. The Morgan fingerprint density at radius 2 is 1.96 bits per heavy atom. The summed E-state index contributed by atoms with van der Waals surface area (Å²) in [7, 11) is 3.51. The largest absolute Gasteiger partial charge is 0.355 e. The lowest BCUT2D eigenvalue weighted by molar-refractivity contribution is -0.127. The zero-order valence-electron chi connectivity index (χ0n) is 18.1. The second-order valence-corrected chi connectivity index (χ2v) is 8.30. The summed E-state index contributed by atoms with van der Waals surface area (Å²) >= 11 is 0. The summed E-state index contributed by atoms with van der Waals surface area (Å²) < 4.78 is 0. The molecular formula is C22H37N5O. The molecule has 2 rings (SSSR count). The molecule has 28 heavy (non-hydrogen) atoms. The van der Waals surface area contributed by atoms with Crippen molar-refractivity contribution in [3.8, 4) is 0 Å². The van der Waals surface area contributed by atoms with Crippen LogP contribution >= 0.6 is 0 Å². The predicted octanol–water partition coefficient (Wildman–Crippen LogP) is 2.49. The summed E-state index contributed by atoms with van der Waals surface area (Å²) in [4.78, 5) is 20.7. The van der Waals surface area contributed by atoms with Gasteiger partial charge in [-0.2, -0.15) is 0 Å². The van der Waals surface area contributed by atoms with E-state index in [1.165, 1.54) is 24.9 Å². The lowest BCUT2D eigenvalue weighted by Crippen LogP contribution is -2.46. The smallest absolute Gasteiger partial charge is 0.243 e. The monoisotopic (exact) mass is 387 g/mol. The van der Waals surface area contributed by atoms with Crippen molar-refractivity contribution in [3.05, 3.63) is 35.9 Å². The van der Waals surface area contributed by atoms with E-state index < -0.39 is 0 Å². The predicted molar refractivity (Wildman–Crippen MR) is 116 cm³/mol. The van der Waals surface area contributed by atoms with Crippen LogP contribution in [0, 0.1) is 5.92 Å². The van der Waals surface area contributed by atoms with Gasteiger partial charge in [-0.05, 0) is 37.8 Å².